The van der Waals surface area contributed by atoms with E-state index in [4.69, 9.17) is 0 Å². The molecule has 150 valence electrons. The third kappa shape index (κ3) is 4.16. The normalized spacial score (nSPS) is 17.9. The number of urea groups is 1. The number of hydrogen-bond donors (Lipinski definition) is 1. The number of amides is 4. The average Bonchev–Trinajstić information content (AvgIpc) is 2.98. The van der Waals surface area contributed by atoms with Crippen LogP contribution in [0.4, 0.5) is 4.79 Å². The summed E-state index contributed by atoms with van der Waals surface area (Å²) in [5, 5.41) is 2.88. The standard InChI is InChI=1S/C23H25N3O3/c27-21(24-13-6-9-17-7-2-1-3-8-17)12-14-25-22(28)20-15-18-10-4-5-11-19(18)16-26(20)23(25)29/h1-5,7-8,10-11,20H,6,9,12-16H2,(H,24,27). The second kappa shape index (κ2) is 8.47. The maximum atomic E-state index is 12.7. The van der Waals surface area contributed by atoms with Crippen LogP contribution in [0.25, 0.3) is 0 Å². The lowest BCUT2D eigenvalue weighted by molar-refractivity contribution is -0.129. The summed E-state index contributed by atoms with van der Waals surface area (Å²) < 4.78 is 0. The number of nitrogens with zero attached hydrogens (tertiary/aromatic N) is 2. The molecule has 4 amide bonds. The molecule has 0 spiro atoms. The lowest BCUT2D eigenvalue weighted by Gasteiger charge is -2.28. The summed E-state index contributed by atoms with van der Waals surface area (Å²) in [4.78, 5) is 40.4. The molecule has 1 atom stereocenters. The van der Waals surface area contributed by atoms with Crippen molar-refractivity contribution in [3.8, 4) is 0 Å². The van der Waals surface area contributed by atoms with Crippen molar-refractivity contribution in [1.82, 2.24) is 15.1 Å². The first-order chi connectivity index (χ1) is 14.1. The van der Waals surface area contributed by atoms with Gasteiger partial charge in [-0.3, -0.25) is 14.5 Å². The second-order valence-electron chi connectivity index (χ2n) is 7.58. The second-order valence-corrected chi connectivity index (χ2v) is 7.58. The summed E-state index contributed by atoms with van der Waals surface area (Å²) in [6.45, 7) is 1.17. The maximum absolute atomic E-state index is 12.7. The summed E-state index contributed by atoms with van der Waals surface area (Å²) in [5.41, 5.74) is 3.45. The Bertz CT molecular complexity index is 870. The van der Waals surface area contributed by atoms with Crippen molar-refractivity contribution < 1.29 is 14.4 Å². The van der Waals surface area contributed by atoms with Gasteiger partial charge in [-0.2, -0.15) is 0 Å². The molecular weight excluding hydrogens is 366 g/mol. The number of carbonyl (C=O) groups excluding carboxylic acids is 3. The topological polar surface area (TPSA) is 69.7 Å². The molecule has 0 saturated carbocycles. The summed E-state index contributed by atoms with van der Waals surface area (Å²) in [5.74, 6) is -0.326. The van der Waals surface area contributed by atoms with Crippen LogP contribution in [0.5, 0.6) is 0 Å². The summed E-state index contributed by atoms with van der Waals surface area (Å²) >= 11 is 0. The van der Waals surface area contributed by atoms with Crippen LogP contribution in [-0.2, 0) is 29.0 Å². The molecule has 2 aliphatic heterocycles. The quantitative estimate of drug-likeness (QED) is 0.582. The molecule has 4 rings (SSSR count). The Morgan fingerprint density at radius 3 is 2.52 bits per heavy atom. The number of carbonyl (C=O) groups is 3. The fraction of sp³-hybridized carbons (Fsp3) is 0.348. The zero-order valence-electron chi connectivity index (χ0n) is 16.3. The molecule has 0 aromatic heterocycles. The minimum atomic E-state index is -0.439. The smallest absolute Gasteiger partial charge is 0.327 e. The lowest BCUT2D eigenvalue weighted by atomic mass is 9.95. The van der Waals surface area contributed by atoms with E-state index < -0.39 is 6.04 Å². The Morgan fingerprint density at radius 1 is 1.00 bits per heavy atom. The van der Waals surface area contributed by atoms with Crippen LogP contribution in [0, 0.1) is 0 Å². The van der Waals surface area contributed by atoms with Gasteiger partial charge in [-0.25, -0.2) is 4.79 Å². The predicted molar refractivity (Wildman–Crippen MR) is 109 cm³/mol. The summed E-state index contributed by atoms with van der Waals surface area (Å²) in [6, 6.07) is 17.3. The van der Waals surface area contributed by atoms with E-state index >= 15 is 0 Å². The first-order valence-corrected chi connectivity index (χ1v) is 10.1. The van der Waals surface area contributed by atoms with Gasteiger partial charge < -0.3 is 10.2 Å². The van der Waals surface area contributed by atoms with Gasteiger partial charge in [0.05, 0.1) is 0 Å². The molecule has 1 fully saturated rings. The Labute approximate surface area is 170 Å². The maximum Gasteiger partial charge on any atom is 0.327 e. The van der Waals surface area contributed by atoms with Crippen LogP contribution in [0.3, 0.4) is 0 Å². The molecule has 0 radical (unpaired) electrons. The highest BCUT2D eigenvalue weighted by Crippen LogP contribution is 2.29. The van der Waals surface area contributed by atoms with Crippen molar-refractivity contribution in [2.45, 2.75) is 38.3 Å². The number of nitrogens with one attached hydrogen (secondary N) is 1. The molecule has 2 aromatic rings. The third-order valence-electron chi connectivity index (χ3n) is 5.65. The minimum absolute atomic E-state index is 0.130. The van der Waals surface area contributed by atoms with Crippen molar-refractivity contribution in [2.24, 2.45) is 0 Å². The minimum Gasteiger partial charge on any atom is -0.356 e. The highest BCUT2D eigenvalue weighted by atomic mass is 16.2. The average molecular weight is 391 g/mol. The van der Waals surface area contributed by atoms with E-state index in [0.717, 1.165) is 24.0 Å². The number of aryl methyl sites for hydroxylation is 1. The van der Waals surface area contributed by atoms with Crippen LogP contribution in [-0.4, -0.2) is 46.8 Å². The lowest BCUT2D eigenvalue weighted by Crippen LogP contribution is -2.39. The molecular formula is C23H25N3O3. The molecule has 0 aliphatic carbocycles. The first-order valence-electron chi connectivity index (χ1n) is 10.1. The van der Waals surface area contributed by atoms with E-state index in [9.17, 15) is 14.4 Å². The predicted octanol–water partition coefficient (Wildman–Crippen LogP) is 2.51. The molecule has 6 nitrogen and oxygen atoms in total. The van der Waals surface area contributed by atoms with Gasteiger partial charge in [-0.05, 0) is 29.5 Å². The number of rotatable bonds is 7. The van der Waals surface area contributed by atoms with Gasteiger partial charge in [0.2, 0.25) is 5.91 Å². The third-order valence-corrected chi connectivity index (χ3v) is 5.65. The van der Waals surface area contributed by atoms with Gasteiger partial charge in [-0.15, -0.1) is 0 Å². The van der Waals surface area contributed by atoms with Gasteiger partial charge in [-0.1, -0.05) is 54.6 Å². The van der Waals surface area contributed by atoms with Crippen molar-refractivity contribution in [1.29, 1.82) is 0 Å². The molecule has 6 heteroatoms. The Morgan fingerprint density at radius 2 is 1.72 bits per heavy atom. The summed E-state index contributed by atoms with van der Waals surface area (Å²) in [7, 11) is 0. The van der Waals surface area contributed by atoms with E-state index in [1.165, 1.54) is 10.5 Å². The highest BCUT2D eigenvalue weighted by molar-refractivity contribution is 6.04. The number of imide groups is 1. The van der Waals surface area contributed by atoms with Crippen LogP contribution >= 0.6 is 0 Å². The molecule has 1 saturated heterocycles. The van der Waals surface area contributed by atoms with Crippen molar-refractivity contribution >= 4 is 17.8 Å². The molecule has 0 bridgehead atoms. The fourth-order valence-electron chi connectivity index (χ4n) is 4.05. The van der Waals surface area contributed by atoms with Crippen molar-refractivity contribution in [3.63, 3.8) is 0 Å². The van der Waals surface area contributed by atoms with Gasteiger partial charge >= 0.3 is 6.03 Å². The number of fused-ring (bicyclic) bond motifs is 2. The van der Waals surface area contributed by atoms with E-state index in [0.29, 0.717) is 19.5 Å². The SMILES string of the molecule is O=C(CCN1C(=O)C2Cc3ccccc3CN2C1=O)NCCCc1ccccc1. The first kappa shape index (κ1) is 19.2. The van der Waals surface area contributed by atoms with E-state index in [1.807, 2.05) is 42.5 Å². The molecule has 1 unspecified atom stereocenters. The number of hydrogen-bond acceptors (Lipinski definition) is 3. The van der Waals surface area contributed by atoms with Gasteiger partial charge in [0.15, 0.2) is 0 Å². The molecule has 2 aromatic carbocycles. The zero-order chi connectivity index (χ0) is 20.2. The van der Waals surface area contributed by atoms with E-state index in [1.54, 1.807) is 4.90 Å². The van der Waals surface area contributed by atoms with Gasteiger partial charge in [0.25, 0.3) is 5.91 Å². The zero-order valence-corrected chi connectivity index (χ0v) is 16.3. The van der Waals surface area contributed by atoms with Crippen LogP contribution in [0.1, 0.15) is 29.5 Å². The monoisotopic (exact) mass is 391 g/mol. The molecule has 2 aliphatic rings. The fourth-order valence-corrected chi connectivity index (χ4v) is 4.05. The van der Waals surface area contributed by atoms with Crippen LogP contribution in [0.15, 0.2) is 54.6 Å². The highest BCUT2D eigenvalue weighted by Gasteiger charge is 2.46. The Hall–Kier alpha value is -3.15. The molecule has 2 heterocycles. The van der Waals surface area contributed by atoms with Crippen LogP contribution < -0.4 is 5.32 Å². The van der Waals surface area contributed by atoms with Crippen LogP contribution in [0.2, 0.25) is 0 Å². The molecule has 29 heavy (non-hydrogen) atoms. The summed E-state index contributed by atoms with van der Waals surface area (Å²) in [6.07, 6.45) is 2.44. The molecule has 1 N–H and O–H groups in total. The Kier molecular flexibility index (Phi) is 5.60. The van der Waals surface area contributed by atoms with Crippen molar-refractivity contribution in [3.05, 3.63) is 71.3 Å². The van der Waals surface area contributed by atoms with Gasteiger partial charge in [0, 0.05) is 32.5 Å². The van der Waals surface area contributed by atoms with Gasteiger partial charge in [0.1, 0.15) is 6.04 Å². The number of benzene rings is 2. The van der Waals surface area contributed by atoms with Crippen molar-refractivity contribution in [2.75, 3.05) is 13.1 Å². The largest absolute Gasteiger partial charge is 0.356 e. The Balaban J connectivity index is 1.24. The van der Waals surface area contributed by atoms with E-state index in [2.05, 4.69) is 17.4 Å². The van der Waals surface area contributed by atoms with E-state index in [-0.39, 0.29) is 30.8 Å².